The van der Waals surface area contributed by atoms with Crippen molar-refractivity contribution in [3.63, 3.8) is 0 Å². The predicted octanol–water partition coefficient (Wildman–Crippen LogP) is 2.55. The minimum Gasteiger partial charge on any atom is -0.326 e. The Kier molecular flexibility index (Phi) is 5.33. The molecule has 0 aliphatic carbocycles. The van der Waals surface area contributed by atoms with Crippen molar-refractivity contribution in [2.75, 3.05) is 18.4 Å². The van der Waals surface area contributed by atoms with Gasteiger partial charge in [-0.2, -0.15) is 4.31 Å². The number of hydrogen-bond donors (Lipinski definition) is 1. The van der Waals surface area contributed by atoms with E-state index in [0.717, 1.165) is 24.1 Å². The molecule has 3 aromatic rings. The molecule has 0 radical (unpaired) electrons. The third kappa shape index (κ3) is 4.01. The largest absolute Gasteiger partial charge is 0.326 e. The summed E-state index contributed by atoms with van der Waals surface area (Å²) >= 11 is 0. The van der Waals surface area contributed by atoms with E-state index in [1.54, 1.807) is 22.9 Å². The number of nitrogens with one attached hydrogen (secondary N) is 1. The predicted molar refractivity (Wildman–Crippen MR) is 110 cm³/mol. The maximum absolute atomic E-state index is 12.7. The van der Waals surface area contributed by atoms with E-state index >= 15 is 0 Å². The summed E-state index contributed by atoms with van der Waals surface area (Å²) in [7, 11) is -3.49. The van der Waals surface area contributed by atoms with Gasteiger partial charge in [0.1, 0.15) is 5.52 Å². The summed E-state index contributed by atoms with van der Waals surface area (Å²) in [6.07, 6.45) is 2.02. The number of nitrogens with zero attached hydrogens (tertiary/aromatic N) is 4. The Hall–Kier alpha value is -2.78. The van der Waals surface area contributed by atoms with Gasteiger partial charge in [-0.25, -0.2) is 13.1 Å². The third-order valence-electron chi connectivity index (χ3n) is 5.16. The summed E-state index contributed by atoms with van der Waals surface area (Å²) in [5.74, 6) is -0.115. The first-order valence-electron chi connectivity index (χ1n) is 9.64. The van der Waals surface area contributed by atoms with Gasteiger partial charge in [0, 0.05) is 25.2 Å². The molecule has 0 unspecified atom stereocenters. The topological polar surface area (TPSA) is 97.2 Å². The van der Waals surface area contributed by atoms with Gasteiger partial charge < -0.3 is 5.32 Å². The fourth-order valence-corrected chi connectivity index (χ4v) is 5.03. The number of para-hydroxylation sites is 1. The van der Waals surface area contributed by atoms with Crippen molar-refractivity contribution < 1.29 is 13.2 Å². The Bertz CT molecular complexity index is 1150. The average molecular weight is 414 g/mol. The number of anilines is 1. The fourth-order valence-electron chi connectivity index (χ4n) is 3.49. The number of aryl methyl sites for hydroxylation is 2. The number of rotatable bonds is 6. The minimum absolute atomic E-state index is 0.115. The monoisotopic (exact) mass is 413 g/mol. The molecule has 1 fully saturated rings. The van der Waals surface area contributed by atoms with E-state index in [2.05, 4.69) is 15.6 Å². The molecule has 0 spiro atoms. The van der Waals surface area contributed by atoms with Crippen LogP contribution in [0.3, 0.4) is 0 Å². The van der Waals surface area contributed by atoms with Gasteiger partial charge in [0.25, 0.3) is 0 Å². The first-order chi connectivity index (χ1) is 13.9. The number of carbonyl (C=O) groups is 1. The molecule has 4 rings (SSSR count). The number of benzene rings is 2. The Morgan fingerprint density at radius 3 is 2.66 bits per heavy atom. The van der Waals surface area contributed by atoms with Crippen LogP contribution in [-0.2, 0) is 21.4 Å². The molecule has 1 aromatic heterocycles. The highest BCUT2D eigenvalue weighted by molar-refractivity contribution is 7.89. The molecule has 1 amide bonds. The van der Waals surface area contributed by atoms with E-state index in [9.17, 15) is 13.2 Å². The normalized spacial score (nSPS) is 15.1. The minimum atomic E-state index is -3.49. The average Bonchev–Trinajstić information content (AvgIpc) is 3.38. The van der Waals surface area contributed by atoms with E-state index in [4.69, 9.17) is 0 Å². The fraction of sp³-hybridized carbons (Fsp3) is 0.350. The Labute approximate surface area is 169 Å². The van der Waals surface area contributed by atoms with Crippen LogP contribution in [0, 0.1) is 6.92 Å². The Balaban J connectivity index is 1.46. The number of fused-ring (bicyclic) bond motifs is 1. The molecule has 9 heteroatoms. The SMILES string of the molecule is Cc1ccccc1NC(=O)CCn1nnc2cc(S(=O)(=O)N3CCCC3)ccc21. The van der Waals surface area contributed by atoms with Crippen LogP contribution in [-0.4, -0.2) is 46.7 Å². The second-order valence-electron chi connectivity index (χ2n) is 7.19. The second-order valence-corrected chi connectivity index (χ2v) is 9.13. The van der Waals surface area contributed by atoms with Gasteiger partial charge in [0.05, 0.1) is 17.0 Å². The summed E-state index contributed by atoms with van der Waals surface area (Å²) in [6.45, 7) is 3.41. The van der Waals surface area contributed by atoms with Gasteiger partial charge in [0.15, 0.2) is 0 Å². The van der Waals surface area contributed by atoms with E-state index in [-0.39, 0.29) is 17.2 Å². The van der Waals surface area contributed by atoms with E-state index < -0.39 is 10.0 Å². The molecule has 0 bridgehead atoms. The zero-order valence-corrected chi connectivity index (χ0v) is 17.0. The lowest BCUT2D eigenvalue weighted by Crippen LogP contribution is -2.27. The molecule has 8 nitrogen and oxygen atoms in total. The lowest BCUT2D eigenvalue weighted by atomic mass is 10.2. The maximum Gasteiger partial charge on any atom is 0.243 e. The molecule has 1 saturated heterocycles. The zero-order chi connectivity index (χ0) is 20.4. The van der Waals surface area contributed by atoms with Crippen molar-refractivity contribution in [3.8, 4) is 0 Å². The quantitative estimate of drug-likeness (QED) is 0.670. The standard InChI is InChI=1S/C20H23N5O3S/c1-15-6-2-3-7-17(15)21-20(26)10-13-25-19-9-8-16(14-18(19)22-23-25)29(27,28)24-11-4-5-12-24/h2-3,6-9,14H,4-5,10-13H2,1H3,(H,21,26). The Morgan fingerprint density at radius 2 is 1.90 bits per heavy atom. The van der Waals surface area contributed by atoms with Crippen molar-refractivity contribution in [1.82, 2.24) is 19.3 Å². The molecule has 1 aliphatic rings. The van der Waals surface area contributed by atoms with Crippen LogP contribution in [0.4, 0.5) is 5.69 Å². The molecule has 1 aliphatic heterocycles. The molecule has 1 N–H and O–H groups in total. The third-order valence-corrected chi connectivity index (χ3v) is 7.05. The van der Waals surface area contributed by atoms with Crippen LogP contribution in [0.25, 0.3) is 11.0 Å². The van der Waals surface area contributed by atoms with Crippen molar-refractivity contribution in [2.24, 2.45) is 0 Å². The molecule has 0 saturated carbocycles. The summed E-state index contributed by atoms with van der Waals surface area (Å²) in [5.41, 5.74) is 3.00. The number of aromatic nitrogens is 3. The number of sulfonamides is 1. The molecule has 2 heterocycles. The van der Waals surface area contributed by atoms with Crippen LogP contribution in [0.1, 0.15) is 24.8 Å². The smallest absolute Gasteiger partial charge is 0.243 e. The van der Waals surface area contributed by atoms with Crippen LogP contribution in [0.2, 0.25) is 0 Å². The van der Waals surface area contributed by atoms with E-state index in [1.807, 2.05) is 31.2 Å². The first kappa shape index (κ1) is 19.5. The second kappa shape index (κ2) is 7.92. The summed E-state index contributed by atoms with van der Waals surface area (Å²) in [6, 6.07) is 12.4. The first-order valence-corrected chi connectivity index (χ1v) is 11.1. The number of hydrogen-bond acceptors (Lipinski definition) is 5. The van der Waals surface area contributed by atoms with Crippen LogP contribution in [0.5, 0.6) is 0 Å². The van der Waals surface area contributed by atoms with E-state index in [0.29, 0.717) is 30.7 Å². The highest BCUT2D eigenvalue weighted by Crippen LogP contribution is 2.23. The van der Waals surface area contributed by atoms with Gasteiger partial charge >= 0.3 is 0 Å². The van der Waals surface area contributed by atoms with Gasteiger partial charge in [0.2, 0.25) is 15.9 Å². The number of carbonyl (C=O) groups excluding carboxylic acids is 1. The molecule has 0 atom stereocenters. The van der Waals surface area contributed by atoms with Crippen molar-refractivity contribution in [2.45, 2.75) is 37.6 Å². The van der Waals surface area contributed by atoms with Crippen LogP contribution in [0.15, 0.2) is 47.4 Å². The summed E-state index contributed by atoms with van der Waals surface area (Å²) in [4.78, 5) is 12.5. The summed E-state index contributed by atoms with van der Waals surface area (Å²) < 4.78 is 28.6. The van der Waals surface area contributed by atoms with Gasteiger partial charge in [-0.3, -0.25) is 4.79 Å². The van der Waals surface area contributed by atoms with Gasteiger partial charge in [-0.05, 0) is 49.6 Å². The van der Waals surface area contributed by atoms with Crippen molar-refractivity contribution in [1.29, 1.82) is 0 Å². The van der Waals surface area contributed by atoms with Crippen molar-refractivity contribution in [3.05, 3.63) is 48.0 Å². The lowest BCUT2D eigenvalue weighted by Gasteiger charge is -2.15. The molecule has 152 valence electrons. The van der Waals surface area contributed by atoms with Gasteiger partial charge in [-0.1, -0.05) is 23.4 Å². The number of amides is 1. The molecule has 2 aromatic carbocycles. The highest BCUT2D eigenvalue weighted by Gasteiger charge is 2.27. The maximum atomic E-state index is 12.7. The molecular formula is C20H23N5O3S. The Morgan fingerprint density at radius 1 is 1.14 bits per heavy atom. The molecular weight excluding hydrogens is 390 g/mol. The van der Waals surface area contributed by atoms with Crippen LogP contribution < -0.4 is 5.32 Å². The van der Waals surface area contributed by atoms with E-state index in [1.165, 1.54) is 4.31 Å². The van der Waals surface area contributed by atoms with Crippen LogP contribution >= 0.6 is 0 Å². The summed E-state index contributed by atoms with van der Waals surface area (Å²) in [5, 5.41) is 11.1. The lowest BCUT2D eigenvalue weighted by molar-refractivity contribution is -0.116. The van der Waals surface area contributed by atoms with Gasteiger partial charge in [-0.15, -0.1) is 5.10 Å². The highest BCUT2D eigenvalue weighted by atomic mass is 32.2. The zero-order valence-electron chi connectivity index (χ0n) is 16.2. The van der Waals surface area contributed by atoms with Crippen molar-refractivity contribution >= 4 is 32.7 Å². The molecule has 29 heavy (non-hydrogen) atoms.